The second kappa shape index (κ2) is 8.38. The number of carbonyl (C=O) groups is 2. The molecule has 0 heterocycles. The van der Waals surface area contributed by atoms with Gasteiger partial charge in [-0.2, -0.15) is 0 Å². The minimum Gasteiger partial charge on any atom is -0.479 e. The Labute approximate surface area is 190 Å². The SMILES string of the molecule is CCOC(=S)SC1C[C@@]2(C)C(CC[C@@H]3[C@@H]2CC[C@]2(C)C(OC(C)=O)CC[C@@H]32)CC1=O. The molecule has 0 aliphatic heterocycles. The lowest BCUT2D eigenvalue weighted by molar-refractivity contribution is -0.161. The Morgan fingerprint density at radius 2 is 1.87 bits per heavy atom. The van der Waals surface area contributed by atoms with Gasteiger partial charge in [-0.3, -0.25) is 9.59 Å². The molecule has 4 aliphatic rings. The number of fused-ring (bicyclic) bond motifs is 5. The Hall–Kier alpha value is -0.620. The lowest BCUT2D eigenvalue weighted by Gasteiger charge is -2.60. The summed E-state index contributed by atoms with van der Waals surface area (Å²) in [6.07, 6.45) is 8.56. The topological polar surface area (TPSA) is 52.6 Å². The Balaban J connectivity index is 1.54. The van der Waals surface area contributed by atoms with Crippen LogP contribution in [0.5, 0.6) is 0 Å². The zero-order chi connectivity index (χ0) is 21.7. The van der Waals surface area contributed by atoms with E-state index < -0.39 is 0 Å². The van der Waals surface area contributed by atoms with Gasteiger partial charge in [-0.25, -0.2) is 0 Å². The number of carbonyl (C=O) groups excluding carboxylic acids is 2. The number of Topliss-reactive ketones (excluding diaryl/α,β-unsaturated/α-hetero) is 1. The van der Waals surface area contributed by atoms with Crippen LogP contribution in [0.15, 0.2) is 0 Å². The van der Waals surface area contributed by atoms with Gasteiger partial charge in [-0.15, -0.1) is 0 Å². The van der Waals surface area contributed by atoms with E-state index in [1.807, 2.05) is 6.92 Å². The maximum absolute atomic E-state index is 12.9. The number of hydrogen-bond acceptors (Lipinski definition) is 6. The number of ketones is 1. The number of esters is 1. The number of ether oxygens (including phenoxy) is 2. The van der Waals surface area contributed by atoms with Gasteiger partial charge >= 0.3 is 5.97 Å². The third-order valence-corrected chi connectivity index (χ3v) is 10.6. The van der Waals surface area contributed by atoms with Crippen LogP contribution in [-0.2, 0) is 19.1 Å². The molecule has 4 rings (SSSR count). The highest BCUT2D eigenvalue weighted by molar-refractivity contribution is 8.23. The Kier molecular flexibility index (Phi) is 6.31. The van der Waals surface area contributed by atoms with E-state index in [2.05, 4.69) is 13.8 Å². The van der Waals surface area contributed by atoms with Crippen LogP contribution in [-0.4, -0.2) is 34.1 Å². The van der Waals surface area contributed by atoms with Gasteiger partial charge in [0, 0.05) is 18.8 Å². The summed E-state index contributed by atoms with van der Waals surface area (Å²) in [6, 6.07) is 0. The van der Waals surface area contributed by atoms with Crippen molar-refractivity contribution in [3.63, 3.8) is 0 Å². The predicted octanol–water partition coefficient (Wildman–Crippen LogP) is 5.56. The summed E-state index contributed by atoms with van der Waals surface area (Å²) < 4.78 is 11.8. The molecular weight excluding hydrogens is 416 g/mol. The maximum atomic E-state index is 12.9. The zero-order valence-electron chi connectivity index (χ0n) is 18.8. The van der Waals surface area contributed by atoms with Gasteiger partial charge in [-0.05, 0) is 93.2 Å². The van der Waals surface area contributed by atoms with Crippen LogP contribution >= 0.6 is 24.0 Å². The fourth-order valence-corrected chi connectivity index (χ4v) is 9.35. The number of thiocarbonyl (C=S) groups is 1. The molecule has 4 fully saturated rings. The van der Waals surface area contributed by atoms with Crippen molar-refractivity contribution in [2.24, 2.45) is 34.5 Å². The largest absolute Gasteiger partial charge is 0.479 e. The molecule has 0 radical (unpaired) electrons. The summed E-state index contributed by atoms with van der Waals surface area (Å²) in [4.78, 5) is 24.5. The quantitative estimate of drug-likeness (QED) is 0.413. The highest BCUT2D eigenvalue weighted by Gasteiger charge is 2.62. The van der Waals surface area contributed by atoms with E-state index >= 15 is 0 Å². The Morgan fingerprint density at radius 1 is 1.13 bits per heavy atom. The molecular formula is C24H36O4S2. The van der Waals surface area contributed by atoms with Gasteiger partial charge in [0.15, 0.2) is 0 Å². The summed E-state index contributed by atoms with van der Waals surface area (Å²) in [5, 5.41) is -0.0604. The molecule has 0 spiro atoms. The van der Waals surface area contributed by atoms with Crippen molar-refractivity contribution >= 4 is 40.1 Å². The van der Waals surface area contributed by atoms with E-state index in [9.17, 15) is 9.59 Å². The van der Waals surface area contributed by atoms with Gasteiger partial charge in [0.1, 0.15) is 11.9 Å². The summed E-state index contributed by atoms with van der Waals surface area (Å²) in [5.74, 6) is 2.69. The lowest BCUT2D eigenvalue weighted by atomic mass is 9.45. The molecule has 0 amide bonds. The van der Waals surface area contributed by atoms with Gasteiger partial charge < -0.3 is 9.47 Å². The third kappa shape index (κ3) is 3.74. The van der Waals surface area contributed by atoms with Crippen LogP contribution in [0, 0.1) is 34.5 Å². The van der Waals surface area contributed by atoms with E-state index in [4.69, 9.17) is 21.7 Å². The molecule has 0 N–H and O–H groups in total. The van der Waals surface area contributed by atoms with E-state index in [0.717, 1.165) is 25.7 Å². The molecule has 30 heavy (non-hydrogen) atoms. The minimum absolute atomic E-state index is 0.0604. The fraction of sp³-hybridized carbons (Fsp3) is 0.875. The van der Waals surface area contributed by atoms with Crippen LogP contribution in [0.25, 0.3) is 0 Å². The molecule has 4 saturated carbocycles. The molecule has 8 atom stereocenters. The number of thioether (sulfide) groups is 1. The summed E-state index contributed by atoms with van der Waals surface area (Å²) in [6.45, 7) is 8.85. The van der Waals surface area contributed by atoms with Crippen LogP contribution in [0.1, 0.15) is 79.1 Å². The van der Waals surface area contributed by atoms with Crippen LogP contribution in [0.2, 0.25) is 0 Å². The average Bonchev–Trinajstić information content (AvgIpc) is 2.99. The molecule has 6 heteroatoms. The highest BCUT2D eigenvalue weighted by atomic mass is 32.2. The fourth-order valence-electron chi connectivity index (χ4n) is 7.80. The normalized spacial score (nSPS) is 45.1. The molecule has 4 aliphatic carbocycles. The van der Waals surface area contributed by atoms with E-state index in [0.29, 0.717) is 46.9 Å². The first-order valence-electron chi connectivity index (χ1n) is 11.7. The van der Waals surface area contributed by atoms with E-state index in [-0.39, 0.29) is 28.2 Å². The summed E-state index contributed by atoms with van der Waals surface area (Å²) >= 11 is 6.83. The van der Waals surface area contributed by atoms with E-state index in [1.165, 1.54) is 37.9 Å². The first kappa shape index (κ1) is 22.6. The van der Waals surface area contributed by atoms with Crippen molar-refractivity contribution in [2.75, 3.05) is 6.61 Å². The molecule has 0 aromatic rings. The number of rotatable bonds is 3. The molecule has 168 valence electrons. The van der Waals surface area contributed by atoms with Crippen LogP contribution in [0.4, 0.5) is 0 Å². The maximum Gasteiger partial charge on any atom is 0.302 e. The monoisotopic (exact) mass is 452 g/mol. The number of hydrogen-bond donors (Lipinski definition) is 0. The second-order valence-corrected chi connectivity index (χ2v) is 12.3. The third-order valence-electron chi connectivity index (χ3n) is 9.22. The second-order valence-electron chi connectivity index (χ2n) is 10.5. The van der Waals surface area contributed by atoms with Crippen molar-refractivity contribution in [1.29, 1.82) is 0 Å². The van der Waals surface area contributed by atoms with Gasteiger partial charge in [0.2, 0.25) is 4.38 Å². The first-order valence-corrected chi connectivity index (χ1v) is 13.0. The van der Waals surface area contributed by atoms with Crippen LogP contribution < -0.4 is 0 Å². The smallest absolute Gasteiger partial charge is 0.302 e. The van der Waals surface area contributed by atoms with Gasteiger partial charge in [-0.1, -0.05) is 25.6 Å². The molecule has 0 aromatic carbocycles. The summed E-state index contributed by atoms with van der Waals surface area (Å²) in [7, 11) is 0. The van der Waals surface area contributed by atoms with Crippen molar-refractivity contribution in [3.8, 4) is 0 Å². The van der Waals surface area contributed by atoms with Crippen molar-refractivity contribution in [3.05, 3.63) is 0 Å². The highest BCUT2D eigenvalue weighted by Crippen LogP contribution is 2.66. The van der Waals surface area contributed by atoms with Gasteiger partial charge in [0.25, 0.3) is 0 Å². The minimum atomic E-state index is -0.143. The molecule has 4 nitrogen and oxygen atoms in total. The molecule has 0 aromatic heterocycles. The summed E-state index contributed by atoms with van der Waals surface area (Å²) in [5.41, 5.74) is 0.308. The molecule has 0 saturated heterocycles. The standard InChI is InChI=1S/C24H36O4S2/c1-5-27-22(29)30-20-13-24(4)15(12-19(20)26)6-7-16-17-8-9-21(28-14(2)25)23(17,3)11-10-18(16)24/h15-18,20-21H,5-13H2,1-4H3/t15?,16-,17-,18-,20?,21?,23-,24-/m0/s1. The Bertz CT molecular complexity index is 724. The lowest BCUT2D eigenvalue weighted by Crippen LogP contribution is -2.56. The van der Waals surface area contributed by atoms with Crippen molar-refractivity contribution < 1.29 is 19.1 Å². The van der Waals surface area contributed by atoms with Crippen molar-refractivity contribution in [2.45, 2.75) is 90.4 Å². The molecule has 3 unspecified atom stereocenters. The van der Waals surface area contributed by atoms with Crippen LogP contribution in [0.3, 0.4) is 0 Å². The molecule has 0 bridgehead atoms. The zero-order valence-corrected chi connectivity index (χ0v) is 20.4. The first-order chi connectivity index (χ1) is 14.2. The van der Waals surface area contributed by atoms with E-state index in [1.54, 1.807) is 0 Å². The van der Waals surface area contributed by atoms with Crippen molar-refractivity contribution in [1.82, 2.24) is 0 Å². The average molecular weight is 453 g/mol. The van der Waals surface area contributed by atoms with Gasteiger partial charge in [0.05, 0.1) is 11.9 Å². The Morgan fingerprint density at radius 3 is 2.57 bits per heavy atom. The predicted molar refractivity (Wildman–Crippen MR) is 123 cm³/mol.